The third kappa shape index (κ3) is 5.84. The highest BCUT2D eigenvalue weighted by Crippen LogP contribution is 2.44. The SMILES string of the molecule is CCCC(CC(=O)N1CCCC[C@H]1CC(=O)O)NC(=O)OCC1c2ccccc2-c2ccccc21. The molecule has 0 saturated carbocycles. The standard InChI is InChI=1S/C28H34N2O5/c1-2-9-19(16-26(31)30-15-8-7-10-20(30)17-27(32)33)29-28(34)35-18-25-23-13-5-3-11-21(23)22-12-4-6-14-24(22)25/h3-6,11-14,19-20,25H,2,7-10,15-18H2,1H3,(H,29,34)(H,32,33)/t19?,20-/m0/s1. The van der Waals surface area contributed by atoms with E-state index in [9.17, 15) is 19.5 Å². The Hall–Kier alpha value is -3.35. The van der Waals surface area contributed by atoms with Gasteiger partial charge in [0, 0.05) is 31.0 Å². The summed E-state index contributed by atoms with van der Waals surface area (Å²) >= 11 is 0. The second-order valence-electron chi connectivity index (χ2n) is 9.49. The first kappa shape index (κ1) is 24.8. The molecule has 0 radical (unpaired) electrons. The van der Waals surface area contributed by atoms with Crippen molar-refractivity contribution in [2.75, 3.05) is 13.2 Å². The fraction of sp³-hybridized carbons (Fsp3) is 0.464. The Balaban J connectivity index is 1.36. The maximum absolute atomic E-state index is 13.0. The first-order chi connectivity index (χ1) is 17.0. The van der Waals surface area contributed by atoms with Crippen molar-refractivity contribution in [1.82, 2.24) is 10.2 Å². The number of amides is 2. The molecule has 2 aromatic rings. The number of benzene rings is 2. The number of hydrogen-bond donors (Lipinski definition) is 2. The summed E-state index contributed by atoms with van der Waals surface area (Å²) in [5, 5.41) is 12.1. The van der Waals surface area contributed by atoms with E-state index in [-0.39, 0.29) is 43.4 Å². The highest BCUT2D eigenvalue weighted by atomic mass is 16.5. The number of ether oxygens (including phenoxy) is 1. The molecule has 2 aliphatic rings. The van der Waals surface area contributed by atoms with E-state index in [0.717, 1.165) is 30.4 Å². The fourth-order valence-corrected chi connectivity index (χ4v) is 5.45. The highest BCUT2D eigenvalue weighted by Gasteiger charge is 2.31. The number of carboxylic acid groups (broad SMARTS) is 1. The molecule has 4 rings (SSSR count). The van der Waals surface area contributed by atoms with E-state index >= 15 is 0 Å². The first-order valence-electron chi connectivity index (χ1n) is 12.6. The lowest BCUT2D eigenvalue weighted by Crippen LogP contribution is -2.47. The van der Waals surface area contributed by atoms with Crippen molar-refractivity contribution in [2.24, 2.45) is 0 Å². The number of aliphatic carboxylic acids is 1. The molecule has 2 aromatic carbocycles. The zero-order valence-electron chi connectivity index (χ0n) is 20.2. The van der Waals surface area contributed by atoms with Gasteiger partial charge >= 0.3 is 12.1 Å². The minimum Gasteiger partial charge on any atom is -0.481 e. The summed E-state index contributed by atoms with van der Waals surface area (Å²) in [6.45, 7) is 2.80. The average molecular weight is 479 g/mol. The van der Waals surface area contributed by atoms with Crippen molar-refractivity contribution < 1.29 is 24.2 Å². The summed E-state index contributed by atoms with van der Waals surface area (Å²) < 4.78 is 5.66. The molecular weight excluding hydrogens is 444 g/mol. The van der Waals surface area contributed by atoms with Gasteiger partial charge in [0.25, 0.3) is 0 Å². The maximum Gasteiger partial charge on any atom is 0.407 e. The summed E-state index contributed by atoms with van der Waals surface area (Å²) in [6.07, 6.45) is 3.54. The van der Waals surface area contributed by atoms with Gasteiger partial charge in [-0.15, -0.1) is 0 Å². The molecule has 7 nitrogen and oxygen atoms in total. The Bertz CT molecular complexity index is 1020. The predicted octanol–water partition coefficient (Wildman–Crippen LogP) is 4.94. The molecule has 186 valence electrons. The van der Waals surface area contributed by atoms with Gasteiger partial charge in [-0.3, -0.25) is 9.59 Å². The zero-order valence-corrected chi connectivity index (χ0v) is 20.2. The molecular formula is C28H34N2O5. The number of nitrogens with zero attached hydrogens (tertiary/aromatic N) is 1. The monoisotopic (exact) mass is 478 g/mol. The molecule has 1 aliphatic carbocycles. The van der Waals surface area contributed by atoms with Crippen LogP contribution in [0.15, 0.2) is 48.5 Å². The Morgan fingerprint density at radius 2 is 1.71 bits per heavy atom. The first-order valence-corrected chi connectivity index (χ1v) is 12.6. The van der Waals surface area contributed by atoms with Crippen molar-refractivity contribution >= 4 is 18.0 Å². The normalized spacial score (nSPS) is 17.9. The molecule has 1 aliphatic heterocycles. The van der Waals surface area contributed by atoms with E-state index in [1.807, 2.05) is 31.2 Å². The summed E-state index contributed by atoms with van der Waals surface area (Å²) in [5.41, 5.74) is 4.64. The van der Waals surface area contributed by atoms with Crippen LogP contribution in [0.1, 0.15) is 68.9 Å². The van der Waals surface area contributed by atoms with Crippen LogP contribution < -0.4 is 5.32 Å². The van der Waals surface area contributed by atoms with Crippen LogP contribution in [0.5, 0.6) is 0 Å². The van der Waals surface area contributed by atoms with Crippen molar-refractivity contribution in [2.45, 2.75) is 69.9 Å². The topological polar surface area (TPSA) is 95.9 Å². The average Bonchev–Trinajstić information content (AvgIpc) is 3.16. The number of nitrogens with one attached hydrogen (secondary N) is 1. The van der Waals surface area contributed by atoms with Crippen molar-refractivity contribution in [3.05, 3.63) is 59.7 Å². The number of carbonyl (C=O) groups is 3. The van der Waals surface area contributed by atoms with E-state index in [1.54, 1.807) is 4.90 Å². The minimum atomic E-state index is -0.892. The number of carbonyl (C=O) groups excluding carboxylic acids is 2. The zero-order chi connectivity index (χ0) is 24.8. The van der Waals surface area contributed by atoms with Crippen molar-refractivity contribution in [3.8, 4) is 11.1 Å². The molecule has 2 atom stereocenters. The van der Waals surface area contributed by atoms with Crippen LogP contribution in [-0.4, -0.2) is 53.2 Å². The third-order valence-corrected chi connectivity index (χ3v) is 7.08. The van der Waals surface area contributed by atoms with E-state index in [4.69, 9.17) is 4.74 Å². The molecule has 35 heavy (non-hydrogen) atoms. The number of fused-ring (bicyclic) bond motifs is 3. The molecule has 1 unspecified atom stereocenters. The van der Waals surface area contributed by atoms with E-state index in [0.29, 0.717) is 19.4 Å². The van der Waals surface area contributed by atoms with Gasteiger partial charge in [-0.05, 0) is 47.9 Å². The van der Waals surface area contributed by atoms with Gasteiger partial charge in [-0.2, -0.15) is 0 Å². The molecule has 0 bridgehead atoms. The number of alkyl carbamates (subject to hydrolysis) is 1. The fourth-order valence-electron chi connectivity index (χ4n) is 5.45. The van der Waals surface area contributed by atoms with Crippen LogP contribution >= 0.6 is 0 Å². The second kappa shape index (κ2) is 11.4. The highest BCUT2D eigenvalue weighted by molar-refractivity contribution is 5.80. The molecule has 1 heterocycles. The largest absolute Gasteiger partial charge is 0.481 e. The second-order valence-corrected chi connectivity index (χ2v) is 9.49. The Kier molecular flexibility index (Phi) is 8.06. The van der Waals surface area contributed by atoms with Gasteiger partial charge in [-0.25, -0.2) is 4.79 Å². The Morgan fingerprint density at radius 1 is 1.06 bits per heavy atom. The molecule has 2 N–H and O–H groups in total. The number of hydrogen-bond acceptors (Lipinski definition) is 4. The van der Waals surface area contributed by atoms with Crippen molar-refractivity contribution in [1.29, 1.82) is 0 Å². The Labute approximate surface area is 206 Å². The van der Waals surface area contributed by atoms with Crippen LogP contribution in [-0.2, 0) is 14.3 Å². The summed E-state index contributed by atoms with van der Waals surface area (Å²) in [4.78, 5) is 38.7. The molecule has 0 aromatic heterocycles. The number of piperidine rings is 1. The molecule has 7 heteroatoms. The van der Waals surface area contributed by atoms with E-state index in [2.05, 4.69) is 29.6 Å². The van der Waals surface area contributed by atoms with Gasteiger partial charge in [0.05, 0.1) is 6.42 Å². The van der Waals surface area contributed by atoms with Crippen LogP contribution in [0, 0.1) is 0 Å². The smallest absolute Gasteiger partial charge is 0.407 e. The number of rotatable bonds is 9. The van der Waals surface area contributed by atoms with Crippen LogP contribution in [0.25, 0.3) is 11.1 Å². The number of likely N-dealkylation sites (tertiary alicyclic amines) is 1. The summed E-state index contributed by atoms with van der Waals surface area (Å²) in [7, 11) is 0. The molecule has 0 spiro atoms. The Morgan fingerprint density at radius 3 is 2.34 bits per heavy atom. The van der Waals surface area contributed by atoms with Gasteiger partial charge in [0.1, 0.15) is 6.61 Å². The summed E-state index contributed by atoms with van der Waals surface area (Å²) in [5.74, 6) is -1.02. The molecule has 1 saturated heterocycles. The lowest BCUT2D eigenvalue weighted by molar-refractivity contribution is -0.142. The number of carboxylic acids is 1. The van der Waals surface area contributed by atoms with Crippen LogP contribution in [0.2, 0.25) is 0 Å². The summed E-state index contributed by atoms with van der Waals surface area (Å²) in [6, 6.07) is 15.7. The minimum absolute atomic E-state index is 0.0236. The van der Waals surface area contributed by atoms with Gasteiger partial charge < -0.3 is 20.1 Å². The van der Waals surface area contributed by atoms with Crippen LogP contribution in [0.3, 0.4) is 0 Å². The van der Waals surface area contributed by atoms with Gasteiger partial charge in [0.15, 0.2) is 0 Å². The van der Waals surface area contributed by atoms with Crippen molar-refractivity contribution in [3.63, 3.8) is 0 Å². The predicted molar refractivity (Wildman–Crippen MR) is 133 cm³/mol. The molecule has 1 fully saturated rings. The van der Waals surface area contributed by atoms with Crippen LogP contribution in [0.4, 0.5) is 4.79 Å². The maximum atomic E-state index is 13.0. The van der Waals surface area contributed by atoms with Gasteiger partial charge in [0.2, 0.25) is 5.91 Å². The van der Waals surface area contributed by atoms with E-state index < -0.39 is 12.1 Å². The quantitative estimate of drug-likeness (QED) is 0.532. The van der Waals surface area contributed by atoms with Gasteiger partial charge in [-0.1, -0.05) is 61.9 Å². The lowest BCUT2D eigenvalue weighted by atomic mass is 9.97. The molecule has 2 amide bonds. The lowest BCUT2D eigenvalue weighted by Gasteiger charge is -2.36. The third-order valence-electron chi connectivity index (χ3n) is 7.08. The van der Waals surface area contributed by atoms with E-state index in [1.165, 1.54) is 11.1 Å².